The zero-order chi connectivity index (χ0) is 24.0. The number of amides is 2. The van der Waals surface area contributed by atoms with Gasteiger partial charge in [0.25, 0.3) is 11.8 Å². The van der Waals surface area contributed by atoms with Crippen LogP contribution < -0.4 is 11.1 Å². The molecule has 0 bridgehead atoms. The quantitative estimate of drug-likeness (QED) is 0.392. The van der Waals surface area contributed by atoms with E-state index in [1.54, 1.807) is 42.5 Å². The Kier molecular flexibility index (Phi) is 8.55. The van der Waals surface area contributed by atoms with Gasteiger partial charge in [0.05, 0.1) is 5.56 Å². The van der Waals surface area contributed by atoms with E-state index in [9.17, 15) is 18.4 Å². The van der Waals surface area contributed by atoms with Crippen molar-refractivity contribution in [2.45, 2.75) is 13.0 Å². The summed E-state index contributed by atoms with van der Waals surface area (Å²) in [7, 11) is 0. The first-order valence-corrected chi connectivity index (χ1v) is 11.3. The third-order valence-electron chi connectivity index (χ3n) is 4.81. The van der Waals surface area contributed by atoms with E-state index >= 15 is 0 Å². The number of rotatable bonds is 8. The molecule has 0 spiro atoms. The van der Waals surface area contributed by atoms with Crippen molar-refractivity contribution < 1.29 is 18.4 Å². The Bertz CT molecular complexity index is 1160. The Morgan fingerprint density at radius 3 is 2.39 bits per heavy atom. The molecule has 2 amide bonds. The molecule has 172 valence electrons. The number of anilines is 1. The SMILES string of the molecule is NCCCN(Cc1cc(NC(=O)c2ccccc2Br)ccc1Cl)C(=O)c1cc(F)cc(F)c1. The third kappa shape index (κ3) is 6.60. The van der Waals surface area contributed by atoms with Gasteiger partial charge in [0.15, 0.2) is 0 Å². The van der Waals surface area contributed by atoms with Crippen LogP contribution in [0.2, 0.25) is 5.02 Å². The van der Waals surface area contributed by atoms with E-state index in [1.165, 1.54) is 4.90 Å². The van der Waals surface area contributed by atoms with Gasteiger partial charge in [-0.15, -0.1) is 0 Å². The summed E-state index contributed by atoms with van der Waals surface area (Å²) in [6.07, 6.45) is 0.486. The highest BCUT2D eigenvalue weighted by Gasteiger charge is 2.19. The minimum atomic E-state index is -0.841. The van der Waals surface area contributed by atoms with Gasteiger partial charge in [-0.1, -0.05) is 23.7 Å². The molecule has 0 aliphatic rings. The number of carbonyl (C=O) groups is 2. The molecule has 0 saturated heterocycles. The zero-order valence-electron chi connectivity index (χ0n) is 17.5. The third-order valence-corrected chi connectivity index (χ3v) is 5.87. The fourth-order valence-electron chi connectivity index (χ4n) is 3.22. The van der Waals surface area contributed by atoms with Gasteiger partial charge in [0.1, 0.15) is 11.6 Å². The maximum absolute atomic E-state index is 13.6. The summed E-state index contributed by atoms with van der Waals surface area (Å²) < 4.78 is 27.9. The van der Waals surface area contributed by atoms with Crippen LogP contribution in [0.25, 0.3) is 0 Å². The minimum Gasteiger partial charge on any atom is -0.334 e. The van der Waals surface area contributed by atoms with Crippen LogP contribution in [0.1, 0.15) is 32.7 Å². The first kappa shape index (κ1) is 24.8. The van der Waals surface area contributed by atoms with E-state index in [-0.39, 0.29) is 24.6 Å². The first-order chi connectivity index (χ1) is 15.8. The predicted molar refractivity (Wildman–Crippen MR) is 128 cm³/mol. The van der Waals surface area contributed by atoms with Crippen molar-refractivity contribution in [1.29, 1.82) is 0 Å². The molecule has 0 atom stereocenters. The fourth-order valence-corrected chi connectivity index (χ4v) is 3.86. The monoisotopic (exact) mass is 535 g/mol. The minimum absolute atomic E-state index is 0.0640. The molecule has 0 radical (unpaired) electrons. The summed E-state index contributed by atoms with van der Waals surface area (Å²) in [5, 5.41) is 3.19. The molecule has 9 heteroatoms. The summed E-state index contributed by atoms with van der Waals surface area (Å²) in [6.45, 7) is 0.656. The average Bonchev–Trinajstić information content (AvgIpc) is 2.77. The lowest BCUT2D eigenvalue weighted by molar-refractivity contribution is 0.0741. The molecular weight excluding hydrogens is 516 g/mol. The average molecular weight is 537 g/mol. The number of carbonyl (C=O) groups excluding carboxylic acids is 2. The molecule has 0 heterocycles. The van der Waals surface area contributed by atoms with Gasteiger partial charge in [-0.25, -0.2) is 8.78 Å². The van der Waals surface area contributed by atoms with Crippen LogP contribution in [0.3, 0.4) is 0 Å². The van der Waals surface area contributed by atoms with Crippen LogP contribution >= 0.6 is 27.5 Å². The number of hydrogen-bond acceptors (Lipinski definition) is 3. The van der Waals surface area contributed by atoms with Gasteiger partial charge in [0, 0.05) is 39.9 Å². The van der Waals surface area contributed by atoms with E-state index in [0.29, 0.717) is 45.3 Å². The van der Waals surface area contributed by atoms with Crippen LogP contribution in [-0.2, 0) is 6.54 Å². The Morgan fingerprint density at radius 2 is 1.73 bits per heavy atom. The molecule has 3 aromatic rings. The molecule has 33 heavy (non-hydrogen) atoms. The topological polar surface area (TPSA) is 75.4 Å². The number of hydrogen-bond donors (Lipinski definition) is 2. The lowest BCUT2D eigenvalue weighted by atomic mass is 10.1. The number of nitrogens with zero attached hydrogens (tertiary/aromatic N) is 1. The second-order valence-corrected chi connectivity index (χ2v) is 8.53. The Hall–Kier alpha value is -2.81. The van der Waals surface area contributed by atoms with E-state index < -0.39 is 17.5 Å². The fraction of sp³-hybridized carbons (Fsp3) is 0.167. The van der Waals surface area contributed by atoms with Crippen LogP contribution in [0.5, 0.6) is 0 Å². The van der Waals surface area contributed by atoms with Gasteiger partial charge in [-0.3, -0.25) is 9.59 Å². The molecule has 3 aromatic carbocycles. The van der Waals surface area contributed by atoms with Crippen molar-refractivity contribution in [3.8, 4) is 0 Å². The first-order valence-electron chi connectivity index (χ1n) is 10.1. The molecule has 3 N–H and O–H groups in total. The van der Waals surface area contributed by atoms with Crippen LogP contribution in [0.4, 0.5) is 14.5 Å². The highest BCUT2D eigenvalue weighted by Crippen LogP contribution is 2.25. The lowest BCUT2D eigenvalue weighted by Gasteiger charge is -2.24. The molecule has 5 nitrogen and oxygen atoms in total. The molecular formula is C24H21BrClF2N3O2. The van der Waals surface area contributed by atoms with E-state index in [0.717, 1.165) is 12.1 Å². The number of benzene rings is 3. The van der Waals surface area contributed by atoms with Crippen molar-refractivity contribution in [2.24, 2.45) is 5.73 Å². The largest absolute Gasteiger partial charge is 0.334 e. The Labute approximate surface area is 203 Å². The second kappa shape index (κ2) is 11.4. The highest BCUT2D eigenvalue weighted by molar-refractivity contribution is 9.10. The lowest BCUT2D eigenvalue weighted by Crippen LogP contribution is -2.33. The summed E-state index contributed by atoms with van der Waals surface area (Å²) in [6, 6.07) is 14.6. The van der Waals surface area contributed by atoms with Crippen LogP contribution in [0, 0.1) is 11.6 Å². The summed E-state index contributed by atoms with van der Waals surface area (Å²) in [5.41, 5.74) is 6.99. The van der Waals surface area contributed by atoms with Crippen molar-refractivity contribution in [1.82, 2.24) is 4.90 Å². The standard InChI is InChI=1S/C24H21BrClF2N3O2/c25-21-5-2-1-4-20(21)23(32)30-19-6-7-22(26)16(12-19)14-31(9-3-8-29)24(33)15-10-17(27)13-18(28)11-15/h1-2,4-7,10-13H,3,8-9,14,29H2,(H,30,32). The van der Waals surface area contributed by atoms with Crippen molar-refractivity contribution in [3.05, 3.63) is 98.5 Å². The normalized spacial score (nSPS) is 10.7. The van der Waals surface area contributed by atoms with Crippen LogP contribution in [-0.4, -0.2) is 29.8 Å². The van der Waals surface area contributed by atoms with Crippen LogP contribution in [0.15, 0.2) is 65.1 Å². The maximum Gasteiger partial charge on any atom is 0.256 e. The van der Waals surface area contributed by atoms with Crippen molar-refractivity contribution >= 4 is 45.0 Å². The second-order valence-electron chi connectivity index (χ2n) is 7.27. The smallest absolute Gasteiger partial charge is 0.256 e. The predicted octanol–water partition coefficient (Wildman–Crippen LogP) is 5.62. The molecule has 0 unspecified atom stereocenters. The van der Waals surface area contributed by atoms with Crippen molar-refractivity contribution in [2.75, 3.05) is 18.4 Å². The Morgan fingerprint density at radius 1 is 1.03 bits per heavy atom. The Balaban J connectivity index is 1.84. The number of nitrogens with one attached hydrogen (secondary N) is 1. The molecule has 0 aliphatic heterocycles. The number of halogens is 4. The van der Waals surface area contributed by atoms with Gasteiger partial charge < -0.3 is 16.0 Å². The molecule has 0 aliphatic carbocycles. The molecule has 0 saturated carbocycles. The molecule has 0 aromatic heterocycles. The van der Waals surface area contributed by atoms with Gasteiger partial charge in [0.2, 0.25) is 0 Å². The van der Waals surface area contributed by atoms with Crippen molar-refractivity contribution in [3.63, 3.8) is 0 Å². The summed E-state index contributed by atoms with van der Waals surface area (Å²) in [4.78, 5) is 27.0. The van der Waals surface area contributed by atoms with E-state index in [1.807, 2.05) is 0 Å². The maximum atomic E-state index is 13.6. The highest BCUT2D eigenvalue weighted by atomic mass is 79.9. The van der Waals surface area contributed by atoms with E-state index in [4.69, 9.17) is 17.3 Å². The van der Waals surface area contributed by atoms with Gasteiger partial charge in [-0.2, -0.15) is 0 Å². The molecule has 0 fully saturated rings. The van der Waals surface area contributed by atoms with Gasteiger partial charge in [-0.05, 0) is 76.9 Å². The number of nitrogens with two attached hydrogens (primary N) is 1. The summed E-state index contributed by atoms with van der Waals surface area (Å²) in [5.74, 6) is -2.55. The molecule has 3 rings (SSSR count). The van der Waals surface area contributed by atoms with Gasteiger partial charge >= 0.3 is 0 Å². The summed E-state index contributed by atoms with van der Waals surface area (Å²) >= 11 is 9.70. The zero-order valence-corrected chi connectivity index (χ0v) is 19.8. The van der Waals surface area contributed by atoms with E-state index in [2.05, 4.69) is 21.2 Å².